The summed E-state index contributed by atoms with van der Waals surface area (Å²) in [5, 5.41) is 12.6. The maximum Gasteiger partial charge on any atom is 0.251 e. The summed E-state index contributed by atoms with van der Waals surface area (Å²) in [6.45, 7) is 5.66. The Hall–Kier alpha value is -2.69. The molecule has 0 radical (unpaired) electrons. The Labute approximate surface area is 146 Å². The van der Waals surface area contributed by atoms with Crippen LogP contribution in [0, 0.1) is 5.82 Å². The molecule has 0 spiro atoms. The van der Waals surface area contributed by atoms with E-state index in [1.807, 2.05) is 20.8 Å². The molecule has 132 valence electrons. The second-order valence-electron chi connectivity index (χ2n) is 7.03. The van der Waals surface area contributed by atoms with Crippen LogP contribution in [0.5, 0.6) is 5.75 Å². The van der Waals surface area contributed by atoms with Gasteiger partial charge >= 0.3 is 0 Å². The van der Waals surface area contributed by atoms with Crippen molar-refractivity contribution in [3.63, 3.8) is 0 Å². The van der Waals surface area contributed by atoms with Crippen LogP contribution in [0.2, 0.25) is 0 Å². The van der Waals surface area contributed by atoms with E-state index in [9.17, 15) is 19.1 Å². The monoisotopic (exact) mass is 343 g/mol. The summed E-state index contributed by atoms with van der Waals surface area (Å²) in [5.74, 6) is -1.29. The molecule has 25 heavy (non-hydrogen) atoms. The number of phenolic OH excluding ortho intramolecular Hbond substituents is 1. The number of carbonyl (C=O) groups excluding carboxylic acids is 2. The Bertz CT molecular complexity index is 774. The van der Waals surface area contributed by atoms with Gasteiger partial charge in [-0.3, -0.25) is 9.59 Å². The van der Waals surface area contributed by atoms with Crippen molar-refractivity contribution in [1.29, 1.82) is 0 Å². The summed E-state index contributed by atoms with van der Waals surface area (Å²) in [6, 6.07) is 10.7. The average molecular weight is 343 g/mol. The highest BCUT2D eigenvalue weighted by Crippen LogP contribution is 2.21. The maximum absolute atomic E-state index is 13.7. The number of amides is 1. The van der Waals surface area contributed by atoms with E-state index in [0.717, 1.165) is 0 Å². The minimum absolute atomic E-state index is 0.00543. The molecule has 0 aliphatic rings. The van der Waals surface area contributed by atoms with Crippen LogP contribution in [-0.2, 0) is 17.6 Å². The molecule has 2 N–H and O–H groups in total. The first kappa shape index (κ1) is 18.6. The van der Waals surface area contributed by atoms with Crippen molar-refractivity contribution >= 4 is 11.7 Å². The lowest BCUT2D eigenvalue weighted by Crippen LogP contribution is -2.40. The number of carbonyl (C=O) groups is 2. The molecule has 0 fully saturated rings. The number of halogens is 1. The third-order valence-electron chi connectivity index (χ3n) is 3.55. The zero-order valence-electron chi connectivity index (χ0n) is 14.6. The quantitative estimate of drug-likeness (QED) is 0.874. The molecular formula is C20H22FNO3. The summed E-state index contributed by atoms with van der Waals surface area (Å²) < 4.78 is 13.7. The van der Waals surface area contributed by atoms with E-state index in [2.05, 4.69) is 5.32 Å². The normalized spacial score (nSPS) is 11.2. The maximum atomic E-state index is 13.7. The molecule has 0 aromatic heterocycles. The molecule has 0 atom stereocenters. The number of hydrogen-bond acceptors (Lipinski definition) is 3. The molecule has 0 bridgehead atoms. The number of Topliss-reactive ketones (excluding diaryl/α,β-unsaturated/α-hetero) is 1. The molecule has 5 heteroatoms. The van der Waals surface area contributed by atoms with Crippen molar-refractivity contribution in [3.8, 4) is 5.75 Å². The van der Waals surface area contributed by atoms with E-state index in [1.54, 1.807) is 24.3 Å². The Kier molecular flexibility index (Phi) is 5.57. The minimum atomic E-state index is -0.605. The molecule has 4 nitrogen and oxygen atoms in total. The van der Waals surface area contributed by atoms with Crippen LogP contribution in [0.1, 0.15) is 42.3 Å². The first-order valence-electron chi connectivity index (χ1n) is 8.05. The molecule has 2 aromatic carbocycles. The van der Waals surface area contributed by atoms with Gasteiger partial charge in [-0.05, 0) is 50.6 Å². The zero-order valence-corrected chi connectivity index (χ0v) is 14.6. The van der Waals surface area contributed by atoms with E-state index in [1.165, 1.54) is 18.2 Å². The zero-order chi connectivity index (χ0) is 18.6. The van der Waals surface area contributed by atoms with Gasteiger partial charge in [-0.15, -0.1) is 0 Å². The Morgan fingerprint density at radius 2 is 1.76 bits per heavy atom. The highest BCUT2D eigenvalue weighted by Gasteiger charge is 2.17. The molecule has 1 amide bonds. The van der Waals surface area contributed by atoms with Gasteiger partial charge < -0.3 is 10.4 Å². The van der Waals surface area contributed by atoms with Gasteiger partial charge in [0, 0.05) is 29.5 Å². The van der Waals surface area contributed by atoms with Crippen molar-refractivity contribution < 1.29 is 19.1 Å². The van der Waals surface area contributed by atoms with E-state index < -0.39 is 5.82 Å². The number of phenols is 1. The van der Waals surface area contributed by atoms with Gasteiger partial charge in [0.15, 0.2) is 0 Å². The van der Waals surface area contributed by atoms with Crippen LogP contribution in [-0.4, -0.2) is 22.3 Å². The summed E-state index contributed by atoms with van der Waals surface area (Å²) >= 11 is 0. The number of hydrogen-bond donors (Lipinski definition) is 2. The van der Waals surface area contributed by atoms with Crippen LogP contribution in [0.25, 0.3) is 0 Å². The summed E-state index contributed by atoms with van der Waals surface area (Å²) in [5.41, 5.74) is 0.774. The largest absolute Gasteiger partial charge is 0.508 e. The number of ketones is 1. The Morgan fingerprint density at radius 1 is 1.08 bits per heavy atom. The van der Waals surface area contributed by atoms with Crippen LogP contribution >= 0.6 is 0 Å². The standard InChI is InChI=1S/C20H22FNO3/c1-20(2,3)22-19(25)14-7-4-6-13(10-14)11-15(23)12-16-17(21)8-5-9-18(16)24/h4-10,24H,11-12H2,1-3H3,(H,22,25). The highest BCUT2D eigenvalue weighted by molar-refractivity contribution is 5.95. The predicted octanol–water partition coefficient (Wildman–Crippen LogP) is 3.41. The fourth-order valence-electron chi connectivity index (χ4n) is 2.44. The van der Waals surface area contributed by atoms with Gasteiger partial charge in [-0.1, -0.05) is 18.2 Å². The summed E-state index contributed by atoms with van der Waals surface area (Å²) in [6.07, 6.45) is -0.138. The van der Waals surface area contributed by atoms with Crippen LogP contribution < -0.4 is 5.32 Å². The van der Waals surface area contributed by atoms with Crippen LogP contribution in [0.3, 0.4) is 0 Å². The molecule has 0 saturated carbocycles. The van der Waals surface area contributed by atoms with Crippen molar-refractivity contribution in [3.05, 3.63) is 65.0 Å². The molecule has 0 unspecified atom stereocenters. The summed E-state index contributed by atoms with van der Waals surface area (Å²) in [4.78, 5) is 24.4. The van der Waals surface area contributed by atoms with E-state index in [-0.39, 0.29) is 41.4 Å². The molecule has 2 aromatic rings. The number of benzene rings is 2. The predicted molar refractivity (Wildman–Crippen MR) is 94.1 cm³/mol. The number of aromatic hydroxyl groups is 1. The van der Waals surface area contributed by atoms with Gasteiger partial charge in [0.1, 0.15) is 17.3 Å². The van der Waals surface area contributed by atoms with Crippen molar-refractivity contribution in [1.82, 2.24) is 5.32 Å². The topological polar surface area (TPSA) is 66.4 Å². The van der Waals surface area contributed by atoms with Gasteiger partial charge in [0.2, 0.25) is 0 Å². The number of rotatable bonds is 5. The first-order chi connectivity index (χ1) is 11.7. The lowest BCUT2D eigenvalue weighted by Gasteiger charge is -2.20. The third kappa shape index (κ3) is 5.41. The molecular weight excluding hydrogens is 321 g/mol. The lowest BCUT2D eigenvalue weighted by atomic mass is 10.00. The molecule has 2 rings (SSSR count). The van der Waals surface area contributed by atoms with Crippen molar-refractivity contribution in [2.45, 2.75) is 39.2 Å². The van der Waals surface area contributed by atoms with Crippen molar-refractivity contribution in [2.24, 2.45) is 0 Å². The highest BCUT2D eigenvalue weighted by atomic mass is 19.1. The smallest absolute Gasteiger partial charge is 0.251 e. The summed E-state index contributed by atoms with van der Waals surface area (Å²) in [7, 11) is 0. The van der Waals surface area contributed by atoms with E-state index in [4.69, 9.17) is 0 Å². The molecule has 0 saturated heterocycles. The third-order valence-corrected chi connectivity index (χ3v) is 3.55. The SMILES string of the molecule is CC(C)(C)NC(=O)c1cccc(CC(=O)Cc2c(O)cccc2F)c1. The second kappa shape index (κ2) is 7.47. The second-order valence-corrected chi connectivity index (χ2v) is 7.03. The Morgan fingerprint density at radius 3 is 2.40 bits per heavy atom. The van der Waals surface area contributed by atoms with Gasteiger partial charge in [-0.2, -0.15) is 0 Å². The minimum Gasteiger partial charge on any atom is -0.508 e. The van der Waals surface area contributed by atoms with Crippen LogP contribution in [0.4, 0.5) is 4.39 Å². The number of nitrogens with one attached hydrogen (secondary N) is 1. The molecule has 0 aliphatic heterocycles. The molecule has 0 aliphatic carbocycles. The first-order valence-corrected chi connectivity index (χ1v) is 8.05. The Balaban J connectivity index is 2.09. The van der Waals surface area contributed by atoms with Crippen molar-refractivity contribution in [2.75, 3.05) is 0 Å². The fraction of sp³-hybridized carbons (Fsp3) is 0.300. The van der Waals surface area contributed by atoms with E-state index >= 15 is 0 Å². The molecule has 0 heterocycles. The van der Waals surface area contributed by atoms with Gasteiger partial charge in [-0.25, -0.2) is 4.39 Å². The fourth-order valence-corrected chi connectivity index (χ4v) is 2.44. The lowest BCUT2D eigenvalue weighted by molar-refractivity contribution is -0.117. The van der Waals surface area contributed by atoms with E-state index in [0.29, 0.717) is 11.1 Å². The average Bonchev–Trinajstić information content (AvgIpc) is 2.50. The van der Waals surface area contributed by atoms with Gasteiger partial charge in [0.25, 0.3) is 5.91 Å². The van der Waals surface area contributed by atoms with Crippen LogP contribution in [0.15, 0.2) is 42.5 Å². The van der Waals surface area contributed by atoms with Gasteiger partial charge in [0.05, 0.1) is 0 Å².